The van der Waals surface area contributed by atoms with Gasteiger partial charge in [0.25, 0.3) is 0 Å². The van der Waals surface area contributed by atoms with Crippen molar-refractivity contribution in [2.45, 2.75) is 13.0 Å². The van der Waals surface area contributed by atoms with E-state index in [0.717, 1.165) is 34.3 Å². The third-order valence-electron chi connectivity index (χ3n) is 3.20. The maximum Gasteiger partial charge on any atom is 0.202 e. The molecule has 0 atom stereocenters. The Hall–Kier alpha value is -2.25. The molecule has 0 aliphatic heterocycles. The molecule has 22 heavy (non-hydrogen) atoms. The number of ether oxygens (including phenoxy) is 1. The summed E-state index contributed by atoms with van der Waals surface area (Å²) < 4.78 is 9.34. The Morgan fingerprint density at radius 1 is 1.32 bits per heavy atom. The van der Waals surface area contributed by atoms with E-state index >= 15 is 0 Å². The fourth-order valence-corrected chi connectivity index (χ4v) is 2.72. The maximum atomic E-state index is 5.04. The Bertz CT molecular complexity index is 710. The van der Waals surface area contributed by atoms with Crippen LogP contribution in [0.3, 0.4) is 0 Å². The van der Waals surface area contributed by atoms with E-state index in [1.165, 1.54) is 11.5 Å². The lowest BCUT2D eigenvalue weighted by atomic mass is 10.1. The number of aromatic nitrogens is 4. The van der Waals surface area contributed by atoms with Gasteiger partial charge in [0.15, 0.2) is 0 Å². The van der Waals surface area contributed by atoms with Crippen molar-refractivity contribution in [3.8, 4) is 11.4 Å². The van der Waals surface area contributed by atoms with Crippen molar-refractivity contribution >= 4 is 16.7 Å². The summed E-state index contributed by atoms with van der Waals surface area (Å²) in [5.74, 6) is 1.68. The molecule has 0 unspecified atom stereocenters. The minimum absolute atomic E-state index is 0.636. The van der Waals surface area contributed by atoms with Crippen molar-refractivity contribution in [2.24, 2.45) is 0 Å². The molecule has 114 valence electrons. The zero-order chi connectivity index (χ0) is 15.2. The van der Waals surface area contributed by atoms with Crippen LogP contribution < -0.4 is 5.32 Å². The summed E-state index contributed by atoms with van der Waals surface area (Å²) in [5, 5.41) is 4.14. The number of H-pyrrole nitrogens is 1. The molecule has 0 amide bonds. The minimum Gasteiger partial charge on any atom is -0.384 e. The summed E-state index contributed by atoms with van der Waals surface area (Å²) in [5.41, 5.74) is 2.25. The van der Waals surface area contributed by atoms with Gasteiger partial charge in [-0.15, -0.1) is 0 Å². The number of methoxy groups -OCH3 is 1. The predicted octanol–water partition coefficient (Wildman–Crippen LogP) is 2.73. The summed E-state index contributed by atoms with van der Waals surface area (Å²) in [4.78, 5) is 11.9. The number of aromatic amines is 1. The quantitative estimate of drug-likeness (QED) is 0.701. The van der Waals surface area contributed by atoms with E-state index < -0.39 is 0 Å². The summed E-state index contributed by atoms with van der Waals surface area (Å²) in [7, 11) is 1.68. The van der Waals surface area contributed by atoms with Crippen LogP contribution in [-0.4, -0.2) is 33.0 Å². The molecule has 0 aliphatic carbocycles. The Morgan fingerprint density at radius 3 is 3.05 bits per heavy atom. The van der Waals surface area contributed by atoms with Crippen molar-refractivity contribution in [3.63, 3.8) is 0 Å². The van der Waals surface area contributed by atoms with Gasteiger partial charge in [0.05, 0.1) is 6.61 Å². The zero-order valence-electron chi connectivity index (χ0n) is 12.2. The number of nitrogens with zero attached hydrogens (tertiary/aromatic N) is 3. The number of anilines is 1. The van der Waals surface area contributed by atoms with Crippen LogP contribution in [0.2, 0.25) is 0 Å². The Labute approximate surface area is 132 Å². The normalized spacial score (nSPS) is 10.8. The number of hydrogen-bond acceptors (Lipinski definition) is 6. The molecule has 3 rings (SSSR count). The van der Waals surface area contributed by atoms with E-state index in [4.69, 9.17) is 4.74 Å². The smallest absolute Gasteiger partial charge is 0.202 e. The molecular formula is C15H17N5OS. The van der Waals surface area contributed by atoms with E-state index in [2.05, 4.69) is 36.8 Å². The third-order valence-corrected chi connectivity index (χ3v) is 3.91. The second-order valence-electron chi connectivity index (χ2n) is 4.71. The van der Waals surface area contributed by atoms with E-state index in [0.29, 0.717) is 13.2 Å². The third kappa shape index (κ3) is 3.49. The highest BCUT2D eigenvalue weighted by atomic mass is 32.1. The number of imidazole rings is 1. The molecule has 0 radical (unpaired) electrons. The Kier molecular flexibility index (Phi) is 4.77. The van der Waals surface area contributed by atoms with Gasteiger partial charge >= 0.3 is 0 Å². The van der Waals surface area contributed by atoms with Crippen LogP contribution in [0.25, 0.3) is 11.4 Å². The number of hydrogen-bond donors (Lipinski definition) is 2. The fraction of sp³-hybridized carbons (Fsp3) is 0.267. The first-order valence-corrected chi connectivity index (χ1v) is 7.77. The lowest BCUT2D eigenvalue weighted by molar-refractivity contribution is 0.201. The minimum atomic E-state index is 0.636. The molecule has 7 heteroatoms. The van der Waals surface area contributed by atoms with Crippen LogP contribution in [0.15, 0.2) is 36.7 Å². The average molecular weight is 315 g/mol. The van der Waals surface area contributed by atoms with Crippen LogP contribution >= 0.6 is 11.5 Å². The first-order chi connectivity index (χ1) is 10.9. The van der Waals surface area contributed by atoms with Gasteiger partial charge in [-0.25, -0.2) is 9.97 Å². The van der Waals surface area contributed by atoms with Crippen LogP contribution in [0.5, 0.6) is 0 Å². The second-order valence-corrected chi connectivity index (χ2v) is 5.46. The molecule has 0 aliphatic rings. The molecule has 0 fully saturated rings. The Balaban J connectivity index is 1.68. The van der Waals surface area contributed by atoms with Gasteiger partial charge in [0.1, 0.15) is 11.6 Å². The molecule has 0 saturated heterocycles. The van der Waals surface area contributed by atoms with E-state index in [-0.39, 0.29) is 0 Å². The largest absolute Gasteiger partial charge is 0.384 e. The monoisotopic (exact) mass is 315 g/mol. The van der Waals surface area contributed by atoms with Crippen LogP contribution in [-0.2, 0) is 17.7 Å². The highest BCUT2D eigenvalue weighted by Crippen LogP contribution is 2.21. The molecule has 2 N–H and O–H groups in total. The topological polar surface area (TPSA) is 75.7 Å². The lowest BCUT2D eigenvalue weighted by Crippen LogP contribution is -2.02. The SMILES string of the molecule is COCCc1nsc(NCc2ccccc2-c2ncc[nH]2)n1. The standard InChI is InChI=1S/C15H17N5OS/c1-21-9-6-13-19-15(22-20-13)18-10-11-4-2-3-5-12(11)14-16-7-8-17-14/h2-5,7-8H,6,9-10H2,1H3,(H,16,17)(H,18,19,20). The lowest BCUT2D eigenvalue weighted by Gasteiger charge is -2.07. The number of nitrogens with one attached hydrogen (secondary N) is 2. The fourth-order valence-electron chi connectivity index (χ4n) is 2.11. The zero-order valence-corrected chi connectivity index (χ0v) is 13.1. The molecule has 0 bridgehead atoms. The first-order valence-electron chi connectivity index (χ1n) is 7.00. The molecule has 0 spiro atoms. The van der Waals surface area contributed by atoms with Gasteiger partial charge in [-0.1, -0.05) is 24.3 Å². The number of rotatable bonds is 7. The molecule has 6 nitrogen and oxygen atoms in total. The van der Waals surface area contributed by atoms with Crippen molar-refractivity contribution in [1.29, 1.82) is 0 Å². The molecule has 2 aromatic heterocycles. The van der Waals surface area contributed by atoms with E-state index in [9.17, 15) is 0 Å². The molecule has 1 aromatic carbocycles. The summed E-state index contributed by atoms with van der Waals surface area (Å²) in [6.45, 7) is 1.31. The molecule has 2 heterocycles. The van der Waals surface area contributed by atoms with Crippen LogP contribution in [0.1, 0.15) is 11.4 Å². The van der Waals surface area contributed by atoms with Crippen molar-refractivity contribution in [1.82, 2.24) is 19.3 Å². The maximum absolute atomic E-state index is 5.04. The van der Waals surface area contributed by atoms with Gasteiger partial charge in [0, 0.05) is 49.6 Å². The molecule has 3 aromatic rings. The van der Waals surface area contributed by atoms with Crippen LogP contribution in [0, 0.1) is 0 Å². The van der Waals surface area contributed by atoms with Gasteiger partial charge in [-0.2, -0.15) is 4.37 Å². The molecular weight excluding hydrogens is 298 g/mol. The van der Waals surface area contributed by atoms with Gasteiger partial charge in [0.2, 0.25) is 5.13 Å². The predicted molar refractivity (Wildman–Crippen MR) is 86.8 cm³/mol. The van der Waals surface area contributed by atoms with Crippen LogP contribution in [0.4, 0.5) is 5.13 Å². The van der Waals surface area contributed by atoms with Gasteiger partial charge < -0.3 is 15.0 Å². The van der Waals surface area contributed by atoms with Crippen molar-refractivity contribution < 1.29 is 4.74 Å². The van der Waals surface area contributed by atoms with E-state index in [1.807, 2.05) is 18.3 Å². The summed E-state index contributed by atoms with van der Waals surface area (Å²) >= 11 is 1.37. The average Bonchev–Trinajstić information content (AvgIpc) is 3.23. The Morgan fingerprint density at radius 2 is 2.23 bits per heavy atom. The van der Waals surface area contributed by atoms with Gasteiger partial charge in [-0.3, -0.25) is 0 Å². The molecule has 0 saturated carbocycles. The first kappa shape index (κ1) is 14.7. The highest BCUT2D eigenvalue weighted by Gasteiger charge is 2.08. The van der Waals surface area contributed by atoms with Gasteiger partial charge in [-0.05, 0) is 5.56 Å². The van der Waals surface area contributed by atoms with Crippen molar-refractivity contribution in [2.75, 3.05) is 19.0 Å². The van der Waals surface area contributed by atoms with Crippen molar-refractivity contribution in [3.05, 3.63) is 48.0 Å². The second kappa shape index (κ2) is 7.15. The summed E-state index contributed by atoms with van der Waals surface area (Å²) in [6, 6.07) is 8.17. The highest BCUT2D eigenvalue weighted by molar-refractivity contribution is 7.09. The number of benzene rings is 1. The van der Waals surface area contributed by atoms with E-state index in [1.54, 1.807) is 13.3 Å². The summed E-state index contributed by atoms with van der Waals surface area (Å²) in [6.07, 6.45) is 4.32.